The third-order valence-corrected chi connectivity index (χ3v) is 5.85. The Bertz CT molecular complexity index is 769. The fourth-order valence-electron chi connectivity index (χ4n) is 4.19. The molecule has 1 spiro atoms. The maximum atomic E-state index is 13.3. The zero-order chi connectivity index (χ0) is 22.6. The number of nitrogens with zero attached hydrogens (tertiary/aromatic N) is 3. The van der Waals surface area contributed by atoms with E-state index < -0.39 is 11.8 Å². The van der Waals surface area contributed by atoms with Gasteiger partial charge in [-0.15, -0.1) is 0 Å². The first-order valence-electron chi connectivity index (χ1n) is 10.9. The Balaban J connectivity index is 1.76. The molecule has 9 nitrogen and oxygen atoms in total. The predicted molar refractivity (Wildman–Crippen MR) is 114 cm³/mol. The molecule has 1 aromatic heterocycles. The van der Waals surface area contributed by atoms with Crippen LogP contribution >= 0.6 is 0 Å². The standard InChI is InChI=1S/C22H34N4O5/c1-16(2)14-19(27)25-10-7-22(8-11-25)26(21(29)18-6-5-13-30-18)17(15-31-22)20(28)23-9-12-24(3)4/h5-6,13,16-17H,7-12,14-15H2,1-4H3,(H,23,28)/t17-/m1/s1. The highest BCUT2D eigenvalue weighted by atomic mass is 16.5. The van der Waals surface area contributed by atoms with Crippen molar-refractivity contribution in [3.63, 3.8) is 0 Å². The number of likely N-dealkylation sites (N-methyl/N-ethyl adjacent to an activating group) is 1. The molecule has 0 aliphatic carbocycles. The molecule has 2 saturated heterocycles. The van der Waals surface area contributed by atoms with Gasteiger partial charge in [-0.3, -0.25) is 19.3 Å². The molecule has 0 radical (unpaired) electrons. The third kappa shape index (κ3) is 5.27. The normalized spacial score (nSPS) is 20.6. The van der Waals surface area contributed by atoms with Crippen molar-refractivity contribution in [3.8, 4) is 0 Å². The van der Waals surface area contributed by atoms with Crippen molar-refractivity contribution >= 4 is 17.7 Å². The zero-order valence-corrected chi connectivity index (χ0v) is 18.9. The predicted octanol–water partition coefficient (Wildman–Crippen LogP) is 1.16. The summed E-state index contributed by atoms with van der Waals surface area (Å²) >= 11 is 0. The fourth-order valence-corrected chi connectivity index (χ4v) is 4.19. The largest absolute Gasteiger partial charge is 0.459 e. The first-order valence-corrected chi connectivity index (χ1v) is 10.9. The molecular formula is C22H34N4O5. The summed E-state index contributed by atoms with van der Waals surface area (Å²) < 4.78 is 11.5. The van der Waals surface area contributed by atoms with Crippen LogP contribution in [0, 0.1) is 5.92 Å². The highest BCUT2D eigenvalue weighted by Crippen LogP contribution is 2.38. The van der Waals surface area contributed by atoms with Crippen molar-refractivity contribution in [1.82, 2.24) is 20.0 Å². The summed E-state index contributed by atoms with van der Waals surface area (Å²) in [5, 5.41) is 2.91. The SMILES string of the molecule is CC(C)CC(=O)N1CCC2(CC1)OC[C@H](C(=O)NCCN(C)C)N2C(=O)c1ccco1. The lowest BCUT2D eigenvalue weighted by Crippen LogP contribution is -2.60. The maximum absolute atomic E-state index is 13.3. The molecule has 3 heterocycles. The van der Waals surface area contributed by atoms with E-state index in [4.69, 9.17) is 9.15 Å². The number of hydrogen-bond acceptors (Lipinski definition) is 6. The second kappa shape index (κ2) is 9.82. The molecule has 3 rings (SSSR count). The average Bonchev–Trinajstić information content (AvgIpc) is 3.36. The number of amides is 3. The highest BCUT2D eigenvalue weighted by molar-refractivity contribution is 5.96. The van der Waals surface area contributed by atoms with Crippen molar-refractivity contribution < 1.29 is 23.5 Å². The number of ether oxygens (including phenoxy) is 1. The van der Waals surface area contributed by atoms with E-state index in [9.17, 15) is 14.4 Å². The van der Waals surface area contributed by atoms with Gasteiger partial charge in [-0.1, -0.05) is 13.8 Å². The number of nitrogens with one attached hydrogen (secondary N) is 1. The molecule has 3 amide bonds. The average molecular weight is 435 g/mol. The lowest BCUT2D eigenvalue weighted by molar-refractivity contribution is -0.144. The summed E-state index contributed by atoms with van der Waals surface area (Å²) in [6.07, 6.45) is 2.87. The van der Waals surface area contributed by atoms with Gasteiger partial charge in [0.1, 0.15) is 11.8 Å². The molecule has 1 atom stereocenters. The van der Waals surface area contributed by atoms with E-state index in [-0.39, 0.29) is 30.1 Å². The quantitative estimate of drug-likeness (QED) is 0.692. The number of furan rings is 1. The fraction of sp³-hybridized carbons (Fsp3) is 0.682. The van der Waals surface area contributed by atoms with Gasteiger partial charge in [0.2, 0.25) is 11.8 Å². The van der Waals surface area contributed by atoms with Crippen molar-refractivity contribution in [3.05, 3.63) is 24.2 Å². The van der Waals surface area contributed by atoms with Crippen molar-refractivity contribution in [2.24, 2.45) is 5.92 Å². The van der Waals surface area contributed by atoms with Gasteiger partial charge in [0.15, 0.2) is 5.76 Å². The number of carbonyl (C=O) groups excluding carboxylic acids is 3. The van der Waals surface area contributed by atoms with Crippen LogP contribution < -0.4 is 5.32 Å². The lowest BCUT2D eigenvalue weighted by Gasteiger charge is -2.44. The summed E-state index contributed by atoms with van der Waals surface area (Å²) in [4.78, 5) is 44.1. The van der Waals surface area contributed by atoms with Gasteiger partial charge in [0.25, 0.3) is 5.91 Å². The molecule has 2 fully saturated rings. The molecule has 2 aliphatic rings. The van der Waals surface area contributed by atoms with Gasteiger partial charge in [0.05, 0.1) is 12.9 Å². The number of rotatable bonds is 7. The van der Waals surface area contributed by atoms with Crippen molar-refractivity contribution in [1.29, 1.82) is 0 Å². The van der Waals surface area contributed by atoms with Gasteiger partial charge in [-0.05, 0) is 32.1 Å². The van der Waals surface area contributed by atoms with Crippen LogP contribution in [0.25, 0.3) is 0 Å². The van der Waals surface area contributed by atoms with Crippen LogP contribution in [-0.2, 0) is 14.3 Å². The number of hydrogen-bond donors (Lipinski definition) is 1. The minimum absolute atomic E-state index is 0.115. The van der Waals surface area contributed by atoms with Crippen LogP contribution in [0.15, 0.2) is 22.8 Å². The van der Waals surface area contributed by atoms with E-state index in [1.165, 1.54) is 6.26 Å². The molecule has 0 aromatic carbocycles. The molecule has 0 saturated carbocycles. The zero-order valence-electron chi connectivity index (χ0n) is 18.9. The summed E-state index contributed by atoms with van der Waals surface area (Å²) in [5.41, 5.74) is -0.915. The van der Waals surface area contributed by atoms with E-state index in [0.29, 0.717) is 51.4 Å². The van der Waals surface area contributed by atoms with Crippen molar-refractivity contribution in [2.45, 2.75) is 44.9 Å². The van der Waals surface area contributed by atoms with Gasteiger partial charge in [-0.2, -0.15) is 0 Å². The van der Waals surface area contributed by atoms with E-state index in [1.54, 1.807) is 17.0 Å². The molecule has 31 heavy (non-hydrogen) atoms. The lowest BCUT2D eigenvalue weighted by atomic mass is 9.96. The van der Waals surface area contributed by atoms with Gasteiger partial charge < -0.3 is 24.3 Å². The Morgan fingerprint density at radius 2 is 1.97 bits per heavy atom. The summed E-state index contributed by atoms with van der Waals surface area (Å²) in [6, 6.07) is 2.50. The molecule has 0 unspecified atom stereocenters. The minimum atomic E-state index is -0.915. The summed E-state index contributed by atoms with van der Waals surface area (Å²) in [5.74, 6) is -0.0217. The summed E-state index contributed by atoms with van der Waals surface area (Å²) in [6.45, 7) is 6.32. The van der Waals surface area contributed by atoms with Crippen LogP contribution in [0.2, 0.25) is 0 Å². The molecule has 1 aromatic rings. The Labute approximate surface area is 183 Å². The number of likely N-dealkylation sites (tertiary alicyclic amines) is 1. The maximum Gasteiger partial charge on any atom is 0.292 e. The molecule has 0 bridgehead atoms. The van der Waals surface area contributed by atoms with E-state index in [1.807, 2.05) is 37.7 Å². The van der Waals surface area contributed by atoms with Crippen LogP contribution in [0.5, 0.6) is 0 Å². The summed E-state index contributed by atoms with van der Waals surface area (Å²) in [7, 11) is 3.86. The molecule has 172 valence electrons. The monoisotopic (exact) mass is 434 g/mol. The van der Waals surface area contributed by atoms with Crippen LogP contribution in [0.1, 0.15) is 43.7 Å². The Hall–Kier alpha value is -2.39. The molecule has 2 aliphatic heterocycles. The van der Waals surface area contributed by atoms with Crippen LogP contribution in [0.4, 0.5) is 0 Å². The highest BCUT2D eigenvalue weighted by Gasteiger charge is 2.54. The Morgan fingerprint density at radius 1 is 1.26 bits per heavy atom. The Morgan fingerprint density at radius 3 is 2.55 bits per heavy atom. The molecule has 9 heteroatoms. The van der Waals surface area contributed by atoms with Gasteiger partial charge >= 0.3 is 0 Å². The second-order valence-corrected chi connectivity index (χ2v) is 9.00. The second-order valence-electron chi connectivity index (χ2n) is 9.00. The first-order chi connectivity index (χ1) is 14.7. The van der Waals surface area contributed by atoms with Gasteiger partial charge in [-0.25, -0.2) is 0 Å². The Kier molecular flexibility index (Phi) is 7.38. The number of carbonyl (C=O) groups is 3. The van der Waals surface area contributed by atoms with Crippen molar-refractivity contribution in [2.75, 3.05) is 46.9 Å². The van der Waals surface area contributed by atoms with E-state index >= 15 is 0 Å². The first kappa shape index (κ1) is 23.3. The minimum Gasteiger partial charge on any atom is -0.459 e. The van der Waals surface area contributed by atoms with E-state index in [2.05, 4.69) is 5.32 Å². The molecular weight excluding hydrogens is 400 g/mol. The topological polar surface area (TPSA) is 95.3 Å². The van der Waals surface area contributed by atoms with Gasteiger partial charge in [0, 0.05) is 45.4 Å². The number of piperidine rings is 1. The van der Waals surface area contributed by atoms with Crippen LogP contribution in [0.3, 0.4) is 0 Å². The molecule has 1 N–H and O–H groups in total. The van der Waals surface area contributed by atoms with E-state index in [0.717, 1.165) is 0 Å². The smallest absolute Gasteiger partial charge is 0.292 e. The van der Waals surface area contributed by atoms with Crippen LogP contribution in [-0.4, -0.2) is 91.1 Å². The third-order valence-electron chi connectivity index (χ3n) is 5.85.